The zero-order valence-electron chi connectivity index (χ0n) is 18.4. The first kappa shape index (κ1) is 30.0. The van der Waals surface area contributed by atoms with Crippen LogP contribution in [0.3, 0.4) is 0 Å². The van der Waals surface area contributed by atoms with Crippen LogP contribution >= 0.6 is 0 Å². The number of ether oxygens (including phenoxy) is 6. The predicted molar refractivity (Wildman–Crippen MR) is 111 cm³/mol. The van der Waals surface area contributed by atoms with Crippen LogP contribution < -0.4 is 0 Å². The summed E-state index contributed by atoms with van der Waals surface area (Å²) in [5, 5.41) is 10.6. The second-order valence-electron chi connectivity index (χ2n) is 6.08. The monoisotopic (exact) mass is 486 g/mol. The van der Waals surface area contributed by atoms with Gasteiger partial charge in [-0.15, -0.1) is 0 Å². The van der Waals surface area contributed by atoms with Gasteiger partial charge in [-0.2, -0.15) is 0 Å². The summed E-state index contributed by atoms with van der Waals surface area (Å²) in [6.45, 7) is 7.22. The maximum atomic E-state index is 12.4. The zero-order valence-corrected chi connectivity index (χ0v) is 18.4. The molecule has 0 spiro atoms. The average Bonchev–Trinajstić information content (AvgIpc) is 2.81. The minimum Gasteiger partial charge on any atom is -0.462 e. The normalized spacial score (nSPS) is 10.1. The van der Waals surface area contributed by atoms with Crippen molar-refractivity contribution in [3.8, 4) is 0 Å². The molecule has 0 aliphatic rings. The number of carbonyl (C=O) groups excluding carboxylic acids is 6. The van der Waals surface area contributed by atoms with Crippen molar-refractivity contribution in [2.45, 2.75) is 18.4 Å². The third kappa shape index (κ3) is 13.4. The van der Waals surface area contributed by atoms with Crippen LogP contribution in [0.2, 0.25) is 0 Å². The van der Waals surface area contributed by atoms with E-state index in [4.69, 9.17) is 14.2 Å². The van der Waals surface area contributed by atoms with Crippen LogP contribution in [-0.2, 0) is 57.2 Å². The van der Waals surface area contributed by atoms with E-state index in [0.717, 1.165) is 18.2 Å². The number of carbonyl (C=O) groups is 6. The molecular weight excluding hydrogens is 460 g/mol. The molecule has 0 fully saturated rings. The van der Waals surface area contributed by atoms with Gasteiger partial charge in [0.2, 0.25) is 0 Å². The molecule has 0 aliphatic carbocycles. The van der Waals surface area contributed by atoms with E-state index >= 15 is 0 Å². The van der Waals surface area contributed by atoms with E-state index in [0.29, 0.717) is 0 Å². The van der Waals surface area contributed by atoms with Crippen LogP contribution in [0, 0.1) is 0 Å². The molecule has 0 aromatic carbocycles. The van der Waals surface area contributed by atoms with Gasteiger partial charge in [-0.05, 0) is 0 Å². The molecule has 0 saturated heterocycles. The first-order valence-electron chi connectivity index (χ1n) is 9.66. The highest BCUT2D eigenvalue weighted by Gasteiger charge is 2.43. The maximum absolute atomic E-state index is 12.4. The van der Waals surface area contributed by atoms with Crippen LogP contribution in [0.1, 0.15) is 12.8 Å². The van der Waals surface area contributed by atoms with Gasteiger partial charge < -0.3 is 33.5 Å². The number of hydrogen-bond donors (Lipinski definition) is 1. The highest BCUT2D eigenvalue weighted by molar-refractivity contribution is 5.90. The van der Waals surface area contributed by atoms with Gasteiger partial charge in [-0.25, -0.2) is 19.2 Å². The Morgan fingerprint density at radius 1 is 0.559 bits per heavy atom. The van der Waals surface area contributed by atoms with E-state index in [9.17, 15) is 33.9 Å². The molecule has 188 valence electrons. The summed E-state index contributed by atoms with van der Waals surface area (Å²) >= 11 is 0. The van der Waals surface area contributed by atoms with E-state index in [1.165, 1.54) is 0 Å². The third-order valence-electron chi connectivity index (χ3n) is 3.50. The summed E-state index contributed by atoms with van der Waals surface area (Å²) in [6, 6.07) is 0. The summed E-state index contributed by atoms with van der Waals surface area (Å²) in [7, 11) is 0. The van der Waals surface area contributed by atoms with Gasteiger partial charge in [0.25, 0.3) is 0 Å². The van der Waals surface area contributed by atoms with E-state index in [1.807, 2.05) is 0 Å². The van der Waals surface area contributed by atoms with Crippen LogP contribution in [0.15, 0.2) is 38.0 Å². The van der Waals surface area contributed by atoms with Crippen molar-refractivity contribution in [2.24, 2.45) is 0 Å². The smallest absolute Gasteiger partial charge is 0.339 e. The molecule has 0 amide bonds. The van der Waals surface area contributed by atoms with Gasteiger partial charge in [0, 0.05) is 18.2 Å². The highest BCUT2D eigenvalue weighted by Crippen LogP contribution is 2.20. The van der Waals surface area contributed by atoms with E-state index in [-0.39, 0.29) is 19.8 Å². The summed E-state index contributed by atoms with van der Waals surface area (Å²) in [4.78, 5) is 69.3. The van der Waals surface area contributed by atoms with Crippen LogP contribution in [0.4, 0.5) is 0 Å². The van der Waals surface area contributed by atoms with Gasteiger partial charge >= 0.3 is 35.8 Å². The van der Waals surface area contributed by atoms with Gasteiger partial charge in [0.1, 0.15) is 39.6 Å². The molecule has 0 unspecified atom stereocenters. The van der Waals surface area contributed by atoms with Crippen molar-refractivity contribution in [1.82, 2.24) is 0 Å². The van der Waals surface area contributed by atoms with Gasteiger partial charge in [-0.1, -0.05) is 19.7 Å². The Bertz CT molecular complexity index is 742. The van der Waals surface area contributed by atoms with Crippen molar-refractivity contribution < 1.29 is 62.3 Å². The lowest BCUT2D eigenvalue weighted by Crippen LogP contribution is -2.45. The summed E-state index contributed by atoms with van der Waals surface area (Å²) < 4.78 is 28.1. The first-order valence-corrected chi connectivity index (χ1v) is 9.66. The van der Waals surface area contributed by atoms with Crippen LogP contribution in [-0.4, -0.2) is 86.2 Å². The molecule has 13 nitrogen and oxygen atoms in total. The zero-order chi connectivity index (χ0) is 26.0. The molecule has 0 rings (SSSR count). The van der Waals surface area contributed by atoms with Gasteiger partial charge in [0.15, 0.2) is 5.60 Å². The van der Waals surface area contributed by atoms with Crippen LogP contribution in [0.5, 0.6) is 0 Å². The Labute approximate surface area is 194 Å². The van der Waals surface area contributed by atoms with E-state index in [1.54, 1.807) is 0 Å². The molecule has 0 aromatic rings. The Morgan fingerprint density at radius 2 is 0.853 bits per heavy atom. The Hall–Kier alpha value is -4.00. The second-order valence-corrected chi connectivity index (χ2v) is 6.08. The van der Waals surface area contributed by atoms with Gasteiger partial charge in [-0.3, -0.25) is 9.59 Å². The quantitative estimate of drug-likeness (QED) is 0.118. The minimum absolute atomic E-state index is 0.320. The number of hydrogen-bond acceptors (Lipinski definition) is 13. The third-order valence-corrected chi connectivity index (χ3v) is 3.50. The van der Waals surface area contributed by atoms with Gasteiger partial charge in [0.05, 0.1) is 12.8 Å². The Kier molecular flexibility index (Phi) is 14.7. The molecule has 34 heavy (non-hydrogen) atoms. The maximum Gasteiger partial charge on any atom is 0.339 e. The lowest BCUT2D eigenvalue weighted by molar-refractivity contribution is -0.179. The van der Waals surface area contributed by atoms with Crippen molar-refractivity contribution in [1.29, 1.82) is 0 Å². The molecule has 0 aliphatic heterocycles. The topological polar surface area (TPSA) is 178 Å². The summed E-state index contributed by atoms with van der Waals surface area (Å²) in [5.74, 6) is -5.94. The molecule has 13 heteroatoms. The lowest BCUT2D eigenvalue weighted by atomic mass is 9.95. The fraction of sp³-hybridized carbons (Fsp3) is 0.429. The molecule has 0 saturated carbocycles. The SMILES string of the molecule is C=CC(=O)OCCOC(=O)CC(O)(CC(=O)OCCOC(=O)C=C)C(=O)OCCOC(=O)C=C. The highest BCUT2D eigenvalue weighted by atomic mass is 16.6. The molecule has 1 N–H and O–H groups in total. The lowest BCUT2D eigenvalue weighted by Gasteiger charge is -2.24. The summed E-state index contributed by atoms with van der Waals surface area (Å²) in [6.07, 6.45) is 0.630. The predicted octanol–water partition coefficient (Wildman–Crippen LogP) is -0.685. The summed E-state index contributed by atoms with van der Waals surface area (Å²) in [5.41, 5.74) is -2.70. The second kappa shape index (κ2) is 16.6. The van der Waals surface area contributed by atoms with Crippen molar-refractivity contribution in [3.05, 3.63) is 38.0 Å². The van der Waals surface area contributed by atoms with Crippen molar-refractivity contribution in [3.63, 3.8) is 0 Å². The largest absolute Gasteiger partial charge is 0.462 e. The fourth-order valence-corrected chi connectivity index (χ4v) is 1.97. The minimum atomic E-state index is -2.70. The number of rotatable bonds is 17. The number of esters is 6. The Morgan fingerprint density at radius 3 is 1.18 bits per heavy atom. The molecule has 0 atom stereocenters. The molecule has 0 aromatic heterocycles. The molecular formula is C21H26O13. The number of aliphatic hydroxyl groups is 1. The molecule has 0 heterocycles. The molecule has 0 radical (unpaired) electrons. The van der Waals surface area contributed by atoms with Crippen LogP contribution in [0.25, 0.3) is 0 Å². The van der Waals surface area contributed by atoms with E-state index in [2.05, 4.69) is 33.9 Å². The average molecular weight is 486 g/mol. The standard InChI is InChI=1S/C21H26O13/c1-4-15(22)29-7-9-32-18(25)13-21(28,20(27)34-12-11-31-17(24)6-3)14-19(26)33-10-8-30-16(23)5-2/h4-6,28H,1-3,7-14H2. The first-order chi connectivity index (χ1) is 16.1. The fourth-order valence-electron chi connectivity index (χ4n) is 1.97. The molecule has 0 bridgehead atoms. The van der Waals surface area contributed by atoms with Crippen molar-refractivity contribution >= 4 is 35.8 Å². The Balaban J connectivity index is 4.94. The van der Waals surface area contributed by atoms with E-state index < -0.39 is 74.1 Å². The van der Waals surface area contributed by atoms with Crippen molar-refractivity contribution in [2.75, 3.05) is 39.6 Å².